The predicted molar refractivity (Wildman–Crippen MR) is 78.1 cm³/mol. The Bertz CT molecular complexity index is 313. The smallest absolute Gasteiger partial charge is 0.229 e. The third-order valence-corrected chi connectivity index (χ3v) is 4.85. The zero-order chi connectivity index (χ0) is 13.9. The van der Waals surface area contributed by atoms with Crippen LogP contribution >= 0.6 is 0 Å². The summed E-state index contributed by atoms with van der Waals surface area (Å²) in [5, 5.41) is 3.37. The van der Waals surface area contributed by atoms with Gasteiger partial charge in [-0.05, 0) is 52.2 Å². The largest absolute Gasteiger partial charge is 0.344 e. The van der Waals surface area contributed by atoms with Crippen molar-refractivity contribution in [2.45, 2.75) is 45.6 Å². The van der Waals surface area contributed by atoms with E-state index in [2.05, 4.69) is 24.1 Å². The topological polar surface area (TPSA) is 35.6 Å². The van der Waals surface area contributed by atoms with Gasteiger partial charge in [0.15, 0.2) is 0 Å². The number of hydrogen-bond donors (Lipinski definition) is 1. The molecule has 2 saturated heterocycles. The van der Waals surface area contributed by atoms with E-state index < -0.39 is 0 Å². The fraction of sp³-hybridized carbons (Fsp3) is 0.933. The van der Waals surface area contributed by atoms with Crippen molar-refractivity contribution in [3.05, 3.63) is 0 Å². The van der Waals surface area contributed by atoms with Crippen molar-refractivity contribution in [3.63, 3.8) is 0 Å². The van der Waals surface area contributed by atoms with E-state index >= 15 is 0 Å². The van der Waals surface area contributed by atoms with Crippen molar-refractivity contribution >= 4 is 5.91 Å². The van der Waals surface area contributed by atoms with Gasteiger partial charge < -0.3 is 10.2 Å². The number of amides is 1. The second-order valence-corrected chi connectivity index (χ2v) is 6.45. The molecule has 0 spiro atoms. The lowest BCUT2D eigenvalue weighted by Gasteiger charge is -2.37. The molecule has 2 aliphatic rings. The minimum Gasteiger partial charge on any atom is -0.344 e. The van der Waals surface area contributed by atoms with Gasteiger partial charge in [0.1, 0.15) is 0 Å². The minimum absolute atomic E-state index is 0.192. The molecular formula is C15H29N3O. The SMILES string of the molecule is CCN1CCCC1CN(C)C(=O)C1(C)CCCNC1. The molecule has 0 radical (unpaired) electrons. The molecule has 2 rings (SSSR count). The summed E-state index contributed by atoms with van der Waals surface area (Å²) >= 11 is 0. The number of nitrogens with zero attached hydrogens (tertiary/aromatic N) is 2. The average Bonchev–Trinajstić information content (AvgIpc) is 2.85. The molecule has 2 fully saturated rings. The highest BCUT2D eigenvalue weighted by Crippen LogP contribution is 2.28. The molecule has 0 saturated carbocycles. The third-order valence-electron chi connectivity index (χ3n) is 4.85. The predicted octanol–water partition coefficient (Wildman–Crippen LogP) is 1.32. The van der Waals surface area contributed by atoms with Crippen LogP contribution in [0.3, 0.4) is 0 Å². The summed E-state index contributed by atoms with van der Waals surface area (Å²) in [7, 11) is 1.98. The van der Waals surface area contributed by atoms with Crippen LogP contribution in [0.2, 0.25) is 0 Å². The van der Waals surface area contributed by atoms with E-state index in [1.54, 1.807) is 0 Å². The van der Waals surface area contributed by atoms with Crippen LogP contribution in [0, 0.1) is 5.41 Å². The van der Waals surface area contributed by atoms with E-state index in [9.17, 15) is 4.79 Å². The molecule has 4 heteroatoms. The molecule has 1 amide bonds. The van der Waals surface area contributed by atoms with Crippen molar-refractivity contribution < 1.29 is 4.79 Å². The summed E-state index contributed by atoms with van der Waals surface area (Å²) in [4.78, 5) is 17.2. The van der Waals surface area contributed by atoms with E-state index in [0.29, 0.717) is 11.9 Å². The zero-order valence-corrected chi connectivity index (χ0v) is 12.7. The highest BCUT2D eigenvalue weighted by Gasteiger charge is 2.37. The summed E-state index contributed by atoms with van der Waals surface area (Å²) in [5.41, 5.74) is -0.192. The van der Waals surface area contributed by atoms with Gasteiger partial charge in [0, 0.05) is 26.2 Å². The molecule has 1 N–H and O–H groups in total. The first-order valence-electron chi connectivity index (χ1n) is 7.77. The second kappa shape index (κ2) is 6.23. The standard InChI is InChI=1S/C15H29N3O/c1-4-18-10-5-7-13(18)11-17(3)14(19)15(2)8-6-9-16-12-15/h13,16H,4-12H2,1-3H3. The number of likely N-dealkylation sites (N-methyl/N-ethyl adjacent to an activating group) is 2. The lowest BCUT2D eigenvalue weighted by atomic mass is 9.81. The van der Waals surface area contributed by atoms with Gasteiger partial charge in [-0.3, -0.25) is 9.69 Å². The fourth-order valence-corrected chi connectivity index (χ4v) is 3.62. The van der Waals surface area contributed by atoms with Crippen LogP contribution < -0.4 is 5.32 Å². The van der Waals surface area contributed by atoms with Crippen molar-refractivity contribution in [2.75, 3.05) is 39.8 Å². The fourth-order valence-electron chi connectivity index (χ4n) is 3.62. The van der Waals surface area contributed by atoms with E-state index in [0.717, 1.165) is 39.0 Å². The molecule has 0 aromatic heterocycles. The highest BCUT2D eigenvalue weighted by atomic mass is 16.2. The maximum atomic E-state index is 12.7. The molecule has 2 aliphatic heterocycles. The molecular weight excluding hydrogens is 238 g/mol. The lowest BCUT2D eigenvalue weighted by Crippen LogP contribution is -2.51. The molecule has 0 aliphatic carbocycles. The number of rotatable bonds is 4. The minimum atomic E-state index is -0.192. The first-order chi connectivity index (χ1) is 9.07. The second-order valence-electron chi connectivity index (χ2n) is 6.45. The van der Waals surface area contributed by atoms with Crippen LogP contribution in [0.1, 0.15) is 39.5 Å². The summed E-state index contributed by atoms with van der Waals surface area (Å²) < 4.78 is 0. The summed E-state index contributed by atoms with van der Waals surface area (Å²) in [6.07, 6.45) is 4.64. The van der Waals surface area contributed by atoms with E-state index in [1.807, 2.05) is 11.9 Å². The molecule has 110 valence electrons. The van der Waals surface area contributed by atoms with Crippen molar-refractivity contribution in [2.24, 2.45) is 5.41 Å². The van der Waals surface area contributed by atoms with Gasteiger partial charge in [-0.1, -0.05) is 6.92 Å². The van der Waals surface area contributed by atoms with Gasteiger partial charge in [0.25, 0.3) is 0 Å². The normalized spacial score (nSPS) is 32.5. The molecule has 2 atom stereocenters. The quantitative estimate of drug-likeness (QED) is 0.834. The van der Waals surface area contributed by atoms with Crippen molar-refractivity contribution in [1.82, 2.24) is 15.1 Å². The Balaban J connectivity index is 1.91. The van der Waals surface area contributed by atoms with E-state index in [1.165, 1.54) is 19.4 Å². The Kier molecular flexibility index (Phi) is 4.85. The molecule has 0 aromatic carbocycles. The van der Waals surface area contributed by atoms with Gasteiger partial charge in [0.2, 0.25) is 5.91 Å². The van der Waals surface area contributed by atoms with Crippen LogP contribution in [0.4, 0.5) is 0 Å². The van der Waals surface area contributed by atoms with Crippen LogP contribution in [0.15, 0.2) is 0 Å². The molecule has 19 heavy (non-hydrogen) atoms. The summed E-state index contributed by atoms with van der Waals surface area (Å²) in [5.74, 6) is 0.322. The Morgan fingerprint density at radius 1 is 1.47 bits per heavy atom. The summed E-state index contributed by atoms with van der Waals surface area (Å²) in [6, 6.07) is 0.569. The monoisotopic (exact) mass is 267 g/mol. The Labute approximate surface area is 117 Å². The lowest BCUT2D eigenvalue weighted by molar-refractivity contribution is -0.141. The number of hydrogen-bond acceptors (Lipinski definition) is 3. The molecule has 2 heterocycles. The van der Waals surface area contributed by atoms with Crippen molar-refractivity contribution in [3.8, 4) is 0 Å². The first-order valence-corrected chi connectivity index (χ1v) is 7.77. The van der Waals surface area contributed by atoms with Crippen LogP contribution in [0.25, 0.3) is 0 Å². The average molecular weight is 267 g/mol. The third kappa shape index (κ3) is 3.29. The maximum Gasteiger partial charge on any atom is 0.229 e. The number of likely N-dealkylation sites (tertiary alicyclic amines) is 1. The Morgan fingerprint density at radius 2 is 2.26 bits per heavy atom. The van der Waals surface area contributed by atoms with Crippen LogP contribution in [0.5, 0.6) is 0 Å². The maximum absolute atomic E-state index is 12.7. The Morgan fingerprint density at radius 3 is 2.89 bits per heavy atom. The summed E-state index contributed by atoms with van der Waals surface area (Å²) in [6.45, 7) is 9.41. The highest BCUT2D eigenvalue weighted by molar-refractivity contribution is 5.82. The number of nitrogens with one attached hydrogen (secondary N) is 1. The molecule has 2 unspecified atom stereocenters. The van der Waals surface area contributed by atoms with Gasteiger partial charge in [-0.25, -0.2) is 0 Å². The number of carbonyl (C=O) groups is 1. The molecule has 0 bridgehead atoms. The van der Waals surface area contributed by atoms with Gasteiger partial charge in [0.05, 0.1) is 5.41 Å². The first kappa shape index (κ1) is 14.8. The molecule has 4 nitrogen and oxygen atoms in total. The van der Waals surface area contributed by atoms with Crippen LogP contribution in [-0.2, 0) is 4.79 Å². The van der Waals surface area contributed by atoms with Crippen molar-refractivity contribution in [1.29, 1.82) is 0 Å². The van der Waals surface area contributed by atoms with Gasteiger partial charge in [-0.15, -0.1) is 0 Å². The van der Waals surface area contributed by atoms with Gasteiger partial charge in [-0.2, -0.15) is 0 Å². The van der Waals surface area contributed by atoms with Gasteiger partial charge >= 0.3 is 0 Å². The van der Waals surface area contributed by atoms with E-state index in [4.69, 9.17) is 0 Å². The Hall–Kier alpha value is -0.610. The zero-order valence-electron chi connectivity index (χ0n) is 12.7. The van der Waals surface area contributed by atoms with Crippen LogP contribution in [-0.4, -0.2) is 61.5 Å². The number of carbonyl (C=O) groups excluding carboxylic acids is 1. The molecule has 0 aromatic rings. The van der Waals surface area contributed by atoms with E-state index in [-0.39, 0.29) is 5.41 Å². The number of piperidine rings is 1.